The normalized spacial score (nSPS) is 20.3. The zero-order valence-electron chi connectivity index (χ0n) is 18.3. The van der Waals surface area contributed by atoms with Crippen LogP contribution in [0.4, 0.5) is 10.1 Å². The van der Waals surface area contributed by atoms with Crippen molar-refractivity contribution in [2.75, 3.05) is 24.6 Å². The van der Waals surface area contributed by atoms with Gasteiger partial charge in [-0.1, -0.05) is 16.8 Å². The monoisotopic (exact) mass is 473 g/mol. The molecule has 0 radical (unpaired) electrons. The van der Waals surface area contributed by atoms with Crippen LogP contribution in [0.1, 0.15) is 37.0 Å². The Morgan fingerprint density at radius 3 is 2.79 bits per heavy atom. The molecule has 33 heavy (non-hydrogen) atoms. The number of alkyl halides is 1. The molecular formula is C23H25ClFN5O3. The fourth-order valence-electron chi connectivity index (χ4n) is 4.67. The maximum absolute atomic E-state index is 13.9. The molecule has 2 saturated heterocycles. The molecule has 0 amide bonds. The van der Waals surface area contributed by atoms with E-state index in [0.717, 1.165) is 29.7 Å². The molecule has 2 aliphatic heterocycles. The van der Waals surface area contributed by atoms with Gasteiger partial charge in [0.05, 0.1) is 30.6 Å². The van der Waals surface area contributed by atoms with E-state index in [9.17, 15) is 9.18 Å². The largest absolute Gasteiger partial charge is 0.375 e. The van der Waals surface area contributed by atoms with E-state index in [1.165, 1.54) is 4.68 Å². The van der Waals surface area contributed by atoms with Gasteiger partial charge in [-0.3, -0.25) is 4.79 Å². The van der Waals surface area contributed by atoms with Crippen molar-refractivity contribution >= 4 is 17.3 Å². The fraction of sp³-hybridized carbons (Fsp3) is 0.478. The molecule has 0 aliphatic carbocycles. The molecule has 5 heterocycles. The summed E-state index contributed by atoms with van der Waals surface area (Å²) >= 11 is 5.88. The first-order valence-corrected chi connectivity index (χ1v) is 11.5. The number of hydrogen-bond donors (Lipinski definition) is 0. The SMILES string of the molecule is Cc1onc(-c2ccc(Cl)nc2)c1Cn1ncc(N2CCC3(CC2)C[C@@H](F)CCO3)cc1=O. The number of anilines is 1. The van der Waals surface area contributed by atoms with Gasteiger partial charge in [0.25, 0.3) is 5.56 Å². The van der Waals surface area contributed by atoms with Crippen LogP contribution in [-0.4, -0.2) is 51.4 Å². The van der Waals surface area contributed by atoms with Crippen LogP contribution in [0.5, 0.6) is 0 Å². The number of aromatic nitrogens is 4. The topological polar surface area (TPSA) is 86.3 Å². The van der Waals surface area contributed by atoms with E-state index in [0.29, 0.717) is 49.1 Å². The number of aryl methyl sites for hydroxylation is 1. The minimum atomic E-state index is -0.787. The van der Waals surface area contributed by atoms with Gasteiger partial charge in [-0.05, 0) is 31.9 Å². The molecule has 3 aromatic heterocycles. The molecule has 8 nitrogen and oxygen atoms in total. The lowest BCUT2D eigenvalue weighted by molar-refractivity contribution is -0.114. The Bertz CT molecular complexity index is 1190. The first-order chi connectivity index (χ1) is 15.9. The van der Waals surface area contributed by atoms with E-state index in [2.05, 4.69) is 20.1 Å². The maximum atomic E-state index is 13.9. The minimum Gasteiger partial charge on any atom is -0.375 e. The summed E-state index contributed by atoms with van der Waals surface area (Å²) in [5.74, 6) is 0.609. The summed E-state index contributed by atoms with van der Waals surface area (Å²) in [6.45, 7) is 3.91. The van der Waals surface area contributed by atoms with Crippen molar-refractivity contribution in [1.82, 2.24) is 19.9 Å². The lowest BCUT2D eigenvalue weighted by Gasteiger charge is -2.45. The Morgan fingerprint density at radius 1 is 1.27 bits per heavy atom. The fourth-order valence-corrected chi connectivity index (χ4v) is 4.79. The standard InChI is InChI=1S/C23H25ClFN5O3/c1-15-19(22(28-33-15)16-2-3-20(24)26-12-16)14-30-21(31)10-18(13-27-30)29-7-5-23(6-8-29)11-17(25)4-9-32-23/h2-3,10,12-13,17H,4-9,11,14H2,1H3/t17-/m0/s1. The second-order valence-corrected chi connectivity index (χ2v) is 9.14. The number of nitrogens with zero attached hydrogens (tertiary/aromatic N) is 5. The third kappa shape index (κ3) is 4.52. The van der Waals surface area contributed by atoms with Crippen molar-refractivity contribution in [3.05, 3.63) is 57.4 Å². The second kappa shape index (κ2) is 8.87. The van der Waals surface area contributed by atoms with E-state index in [-0.39, 0.29) is 17.7 Å². The molecule has 2 aliphatic rings. The highest BCUT2D eigenvalue weighted by Gasteiger charge is 2.40. The molecule has 10 heteroatoms. The highest BCUT2D eigenvalue weighted by Crippen LogP contribution is 2.37. The third-order valence-corrected chi connectivity index (χ3v) is 6.84. The first-order valence-electron chi connectivity index (χ1n) is 11.1. The summed E-state index contributed by atoms with van der Waals surface area (Å²) in [5, 5.41) is 8.92. The number of halogens is 2. The van der Waals surface area contributed by atoms with E-state index < -0.39 is 6.17 Å². The average Bonchev–Trinajstić information content (AvgIpc) is 3.16. The molecule has 174 valence electrons. The molecule has 1 spiro atoms. The van der Waals surface area contributed by atoms with E-state index in [1.54, 1.807) is 37.5 Å². The smallest absolute Gasteiger partial charge is 0.269 e. The second-order valence-electron chi connectivity index (χ2n) is 8.75. The van der Waals surface area contributed by atoms with Gasteiger partial charge >= 0.3 is 0 Å². The molecule has 2 fully saturated rings. The van der Waals surface area contributed by atoms with Crippen molar-refractivity contribution < 1.29 is 13.7 Å². The van der Waals surface area contributed by atoms with Crippen LogP contribution in [0.2, 0.25) is 5.15 Å². The lowest BCUT2D eigenvalue weighted by Crippen LogP contribution is -2.50. The zero-order valence-corrected chi connectivity index (χ0v) is 19.1. The summed E-state index contributed by atoms with van der Waals surface area (Å²) in [6.07, 6.45) is 4.96. The van der Waals surface area contributed by atoms with Gasteiger partial charge in [-0.15, -0.1) is 0 Å². The Labute approximate surface area is 195 Å². The number of rotatable bonds is 4. The molecule has 1 atom stereocenters. The van der Waals surface area contributed by atoms with Crippen LogP contribution in [0, 0.1) is 6.92 Å². The highest BCUT2D eigenvalue weighted by molar-refractivity contribution is 6.29. The van der Waals surface area contributed by atoms with Crippen molar-refractivity contribution in [1.29, 1.82) is 0 Å². The number of hydrogen-bond acceptors (Lipinski definition) is 7. The summed E-state index contributed by atoms with van der Waals surface area (Å²) in [4.78, 5) is 19.1. The highest BCUT2D eigenvalue weighted by atomic mass is 35.5. The van der Waals surface area contributed by atoms with Crippen LogP contribution < -0.4 is 10.5 Å². The first kappa shape index (κ1) is 22.0. The van der Waals surface area contributed by atoms with Crippen LogP contribution in [-0.2, 0) is 11.3 Å². The quantitative estimate of drug-likeness (QED) is 0.533. The molecule has 0 bridgehead atoms. The van der Waals surface area contributed by atoms with Crippen molar-refractivity contribution in [3.8, 4) is 11.3 Å². The van der Waals surface area contributed by atoms with Crippen LogP contribution >= 0.6 is 11.6 Å². The lowest BCUT2D eigenvalue weighted by atomic mass is 9.83. The summed E-state index contributed by atoms with van der Waals surface area (Å²) in [7, 11) is 0. The average molecular weight is 474 g/mol. The van der Waals surface area contributed by atoms with Crippen LogP contribution in [0.25, 0.3) is 11.3 Å². The van der Waals surface area contributed by atoms with Gasteiger partial charge in [0.1, 0.15) is 22.8 Å². The molecule has 3 aromatic rings. The van der Waals surface area contributed by atoms with Crippen molar-refractivity contribution in [3.63, 3.8) is 0 Å². The molecule has 0 N–H and O–H groups in total. The molecule has 0 unspecified atom stereocenters. The van der Waals surface area contributed by atoms with E-state index >= 15 is 0 Å². The maximum Gasteiger partial charge on any atom is 0.269 e. The van der Waals surface area contributed by atoms with E-state index in [4.69, 9.17) is 20.9 Å². The summed E-state index contributed by atoms with van der Waals surface area (Å²) < 4.78 is 26.6. The number of pyridine rings is 1. The summed E-state index contributed by atoms with van der Waals surface area (Å²) in [6, 6.07) is 5.08. The number of ether oxygens (including phenoxy) is 1. The van der Waals surface area contributed by atoms with Gasteiger partial charge < -0.3 is 14.2 Å². The van der Waals surface area contributed by atoms with Gasteiger partial charge in [0, 0.05) is 49.3 Å². The van der Waals surface area contributed by atoms with E-state index in [1.807, 2.05) is 0 Å². The molecule has 5 rings (SSSR count). The Morgan fingerprint density at radius 2 is 2.09 bits per heavy atom. The van der Waals surface area contributed by atoms with Crippen molar-refractivity contribution in [2.45, 2.75) is 50.9 Å². The summed E-state index contributed by atoms with van der Waals surface area (Å²) in [5.41, 5.74) is 2.30. The van der Waals surface area contributed by atoms with Crippen LogP contribution in [0.3, 0.4) is 0 Å². The molecule has 0 aromatic carbocycles. The van der Waals surface area contributed by atoms with Gasteiger partial charge in [-0.25, -0.2) is 14.1 Å². The van der Waals surface area contributed by atoms with Gasteiger partial charge in [0.2, 0.25) is 0 Å². The zero-order chi connectivity index (χ0) is 23.0. The molecular weight excluding hydrogens is 449 g/mol. The number of piperidine rings is 1. The van der Waals surface area contributed by atoms with Crippen molar-refractivity contribution in [2.24, 2.45) is 0 Å². The van der Waals surface area contributed by atoms with Crippen LogP contribution in [0.15, 0.2) is 39.9 Å². The predicted octanol–water partition coefficient (Wildman–Crippen LogP) is 3.79. The third-order valence-electron chi connectivity index (χ3n) is 6.62. The molecule has 0 saturated carbocycles. The van der Waals surface area contributed by atoms with Gasteiger partial charge in [-0.2, -0.15) is 5.10 Å². The van der Waals surface area contributed by atoms with Gasteiger partial charge in [0.15, 0.2) is 0 Å². The Kier molecular flexibility index (Phi) is 5.92. The predicted molar refractivity (Wildman–Crippen MR) is 121 cm³/mol. The minimum absolute atomic E-state index is 0.216. The Hall–Kier alpha value is -2.78. The Balaban J connectivity index is 1.31.